The second-order valence-electron chi connectivity index (χ2n) is 5.99. The average Bonchev–Trinajstić information content (AvgIpc) is 2.74. The molecule has 2 saturated heterocycles. The molecule has 2 heterocycles. The van der Waals surface area contributed by atoms with Crippen molar-refractivity contribution in [3.8, 4) is 0 Å². The summed E-state index contributed by atoms with van der Waals surface area (Å²) in [6, 6.07) is 8.55. The number of hydrogen-bond donors (Lipinski definition) is 2. The molecule has 0 spiro atoms. The smallest absolute Gasteiger partial charge is 0.310 e. The molecule has 1 unspecified atom stereocenters. The number of carbonyl (C=O) groups is 2. The third-order valence-electron chi connectivity index (χ3n) is 5.02. The maximum atomic E-state index is 12.7. The van der Waals surface area contributed by atoms with Crippen LogP contribution in [0.25, 0.3) is 0 Å². The van der Waals surface area contributed by atoms with Crippen molar-refractivity contribution in [1.82, 2.24) is 4.90 Å². The van der Waals surface area contributed by atoms with Crippen LogP contribution in [-0.4, -0.2) is 52.1 Å². The van der Waals surface area contributed by atoms with E-state index in [2.05, 4.69) is 0 Å². The fraction of sp³-hybridized carbons (Fsp3) is 0.500. The van der Waals surface area contributed by atoms with Crippen LogP contribution < -0.4 is 0 Å². The third kappa shape index (κ3) is 2.17. The Kier molecular flexibility index (Phi) is 3.55. The average molecular weight is 289 g/mol. The standard InChI is InChI=1S/C16H19NO4/c1-17-10-7-8-11(17)13(16(20)21)15(19)12(10)14(18)9-5-3-2-4-6-9/h2-6,10-13,15,19H,7-8H2,1H3,(H,20,21)/t10-,11-,12?,13-,15+/m1/s1. The highest BCUT2D eigenvalue weighted by Gasteiger charge is 2.55. The summed E-state index contributed by atoms with van der Waals surface area (Å²) in [7, 11) is 1.86. The highest BCUT2D eigenvalue weighted by atomic mass is 16.4. The lowest BCUT2D eigenvalue weighted by Crippen LogP contribution is -2.59. The first-order valence-corrected chi connectivity index (χ1v) is 7.24. The van der Waals surface area contributed by atoms with Crippen molar-refractivity contribution in [2.75, 3.05) is 7.05 Å². The van der Waals surface area contributed by atoms with Crippen molar-refractivity contribution in [1.29, 1.82) is 0 Å². The van der Waals surface area contributed by atoms with E-state index < -0.39 is 23.9 Å². The lowest BCUT2D eigenvalue weighted by Gasteiger charge is -2.43. The second kappa shape index (κ2) is 5.24. The lowest BCUT2D eigenvalue weighted by molar-refractivity contribution is -0.154. The maximum Gasteiger partial charge on any atom is 0.310 e. The Bertz CT molecular complexity index is 559. The maximum absolute atomic E-state index is 12.7. The number of hydrogen-bond acceptors (Lipinski definition) is 4. The highest BCUT2D eigenvalue weighted by molar-refractivity contribution is 5.99. The van der Waals surface area contributed by atoms with Gasteiger partial charge in [0.2, 0.25) is 0 Å². The van der Waals surface area contributed by atoms with Gasteiger partial charge in [-0.25, -0.2) is 0 Å². The molecule has 112 valence electrons. The Balaban J connectivity index is 1.97. The predicted octanol–water partition coefficient (Wildman–Crippen LogP) is 1.02. The molecule has 0 aliphatic carbocycles. The molecule has 2 N–H and O–H groups in total. The predicted molar refractivity (Wildman–Crippen MR) is 76.0 cm³/mol. The summed E-state index contributed by atoms with van der Waals surface area (Å²) >= 11 is 0. The number of carbonyl (C=O) groups excluding carboxylic acids is 1. The van der Waals surface area contributed by atoms with Crippen LogP contribution in [0.2, 0.25) is 0 Å². The minimum absolute atomic E-state index is 0.0756. The minimum atomic E-state index is -1.12. The Hall–Kier alpha value is -1.72. The zero-order valence-corrected chi connectivity index (χ0v) is 11.8. The van der Waals surface area contributed by atoms with Gasteiger partial charge in [0, 0.05) is 17.6 Å². The van der Waals surface area contributed by atoms with Crippen molar-refractivity contribution < 1.29 is 19.8 Å². The van der Waals surface area contributed by atoms with Crippen molar-refractivity contribution >= 4 is 11.8 Å². The SMILES string of the molecule is CN1[C@@H]2CC[C@@H]1[C@@H](C(=O)O)[C@@H](O)C2C(=O)c1ccccc1. The van der Waals surface area contributed by atoms with E-state index in [9.17, 15) is 19.8 Å². The zero-order chi connectivity index (χ0) is 15.1. The van der Waals surface area contributed by atoms with Gasteiger partial charge in [0.25, 0.3) is 0 Å². The Morgan fingerprint density at radius 2 is 1.67 bits per heavy atom. The van der Waals surface area contributed by atoms with E-state index >= 15 is 0 Å². The van der Waals surface area contributed by atoms with Gasteiger partial charge in [-0.05, 0) is 19.9 Å². The number of fused-ring (bicyclic) bond motifs is 2. The van der Waals surface area contributed by atoms with Gasteiger partial charge in [-0.15, -0.1) is 0 Å². The molecule has 0 radical (unpaired) electrons. The van der Waals surface area contributed by atoms with Crippen LogP contribution in [0.15, 0.2) is 30.3 Å². The van der Waals surface area contributed by atoms with E-state index in [1.165, 1.54) is 0 Å². The van der Waals surface area contributed by atoms with E-state index in [0.29, 0.717) is 12.0 Å². The van der Waals surface area contributed by atoms with Crippen LogP contribution >= 0.6 is 0 Å². The summed E-state index contributed by atoms with van der Waals surface area (Å²) in [6.07, 6.45) is 0.350. The molecule has 21 heavy (non-hydrogen) atoms. The Morgan fingerprint density at radius 3 is 2.24 bits per heavy atom. The lowest BCUT2D eigenvalue weighted by atomic mass is 9.76. The normalized spacial score (nSPS) is 35.6. The largest absolute Gasteiger partial charge is 0.481 e. The summed E-state index contributed by atoms with van der Waals surface area (Å²) in [5.74, 6) is -2.75. The van der Waals surface area contributed by atoms with Crippen LogP contribution in [-0.2, 0) is 4.79 Å². The van der Waals surface area contributed by atoms with Crippen LogP contribution in [0.1, 0.15) is 23.2 Å². The van der Waals surface area contributed by atoms with Gasteiger partial charge in [0.15, 0.2) is 5.78 Å². The number of benzene rings is 1. The van der Waals surface area contributed by atoms with Crippen LogP contribution in [0.3, 0.4) is 0 Å². The van der Waals surface area contributed by atoms with E-state index in [1.54, 1.807) is 24.3 Å². The minimum Gasteiger partial charge on any atom is -0.481 e. The number of Topliss-reactive ketones (excluding diaryl/α,β-unsaturated/α-hetero) is 1. The molecule has 1 aromatic rings. The highest BCUT2D eigenvalue weighted by Crippen LogP contribution is 2.43. The fourth-order valence-corrected chi connectivity index (χ4v) is 3.97. The van der Waals surface area contributed by atoms with Crippen LogP contribution in [0, 0.1) is 11.8 Å². The van der Waals surface area contributed by atoms with Gasteiger partial charge in [0.05, 0.1) is 17.9 Å². The van der Waals surface area contributed by atoms with E-state index in [-0.39, 0.29) is 17.9 Å². The monoisotopic (exact) mass is 289 g/mol. The molecule has 5 atom stereocenters. The topological polar surface area (TPSA) is 77.8 Å². The molecule has 2 aliphatic rings. The number of nitrogens with zero attached hydrogens (tertiary/aromatic N) is 1. The van der Waals surface area contributed by atoms with Gasteiger partial charge in [0.1, 0.15) is 0 Å². The molecule has 5 heteroatoms. The van der Waals surface area contributed by atoms with E-state index in [0.717, 1.165) is 6.42 Å². The van der Waals surface area contributed by atoms with E-state index in [4.69, 9.17) is 0 Å². The number of rotatable bonds is 3. The number of carboxylic acids is 1. The third-order valence-corrected chi connectivity index (χ3v) is 5.02. The molecule has 2 bridgehead atoms. The number of piperidine rings is 1. The summed E-state index contributed by atoms with van der Waals surface area (Å²) < 4.78 is 0. The number of ketones is 1. The van der Waals surface area contributed by atoms with Crippen molar-refractivity contribution in [3.63, 3.8) is 0 Å². The van der Waals surface area contributed by atoms with Crippen molar-refractivity contribution in [2.24, 2.45) is 11.8 Å². The molecule has 0 aromatic heterocycles. The molecular formula is C16H19NO4. The molecule has 0 saturated carbocycles. The summed E-state index contributed by atoms with van der Waals surface area (Å²) in [6.45, 7) is 0. The Morgan fingerprint density at radius 1 is 1.10 bits per heavy atom. The molecule has 5 nitrogen and oxygen atoms in total. The van der Waals surface area contributed by atoms with Crippen molar-refractivity contribution in [2.45, 2.75) is 31.0 Å². The molecule has 3 rings (SSSR count). The van der Waals surface area contributed by atoms with Crippen LogP contribution in [0.5, 0.6) is 0 Å². The Labute approximate surface area is 123 Å². The summed E-state index contributed by atoms with van der Waals surface area (Å²) in [5.41, 5.74) is 0.532. The van der Waals surface area contributed by atoms with E-state index in [1.807, 2.05) is 18.0 Å². The number of aliphatic hydroxyl groups excluding tert-OH is 1. The van der Waals surface area contributed by atoms with Gasteiger partial charge >= 0.3 is 5.97 Å². The van der Waals surface area contributed by atoms with Gasteiger partial charge < -0.3 is 10.2 Å². The first-order chi connectivity index (χ1) is 10.0. The van der Waals surface area contributed by atoms with Crippen LogP contribution in [0.4, 0.5) is 0 Å². The number of carboxylic acid groups (broad SMARTS) is 1. The summed E-state index contributed by atoms with van der Waals surface area (Å²) in [5, 5.41) is 19.9. The quantitative estimate of drug-likeness (QED) is 0.812. The van der Waals surface area contributed by atoms with Crippen molar-refractivity contribution in [3.05, 3.63) is 35.9 Å². The fourth-order valence-electron chi connectivity index (χ4n) is 3.97. The second-order valence-corrected chi connectivity index (χ2v) is 5.99. The first kappa shape index (κ1) is 14.2. The van der Waals surface area contributed by atoms with Gasteiger partial charge in [-0.1, -0.05) is 30.3 Å². The molecule has 1 aromatic carbocycles. The van der Waals surface area contributed by atoms with Gasteiger partial charge in [-0.3, -0.25) is 14.5 Å². The molecule has 2 aliphatic heterocycles. The number of aliphatic carboxylic acids is 1. The van der Waals surface area contributed by atoms with Gasteiger partial charge in [-0.2, -0.15) is 0 Å². The number of aliphatic hydroxyl groups is 1. The molecule has 0 amide bonds. The first-order valence-electron chi connectivity index (χ1n) is 7.24. The summed E-state index contributed by atoms with van der Waals surface area (Å²) in [4.78, 5) is 26.2. The molecule has 2 fully saturated rings. The zero-order valence-electron chi connectivity index (χ0n) is 11.8. The molecular weight excluding hydrogens is 270 g/mol.